The molecule has 0 spiro atoms. The molecule has 1 rings (SSSR count). The maximum absolute atomic E-state index is 13.1. The van der Waals surface area contributed by atoms with E-state index in [1.807, 2.05) is 0 Å². The Morgan fingerprint density at radius 3 is 1.39 bits per heavy atom. The summed E-state index contributed by atoms with van der Waals surface area (Å²) in [6.07, 6.45) is 54.1. The predicted molar refractivity (Wildman–Crippen MR) is 276 cm³/mol. The Labute approximate surface area is 405 Å². The molecule has 7 atom stereocenters. The highest BCUT2D eigenvalue weighted by molar-refractivity contribution is 5.76. The highest BCUT2D eigenvalue weighted by atomic mass is 16.7. The fourth-order valence-corrected chi connectivity index (χ4v) is 8.80. The van der Waals surface area contributed by atoms with E-state index in [1.54, 1.807) is 0 Å². The lowest BCUT2D eigenvalue weighted by atomic mass is 9.99. The van der Waals surface area contributed by atoms with Crippen LogP contribution in [0.2, 0.25) is 0 Å². The summed E-state index contributed by atoms with van der Waals surface area (Å²) in [6, 6.07) is -0.721. The highest BCUT2D eigenvalue weighted by Crippen LogP contribution is 2.23. The average molecular weight is 932 g/mol. The van der Waals surface area contributed by atoms with Crippen LogP contribution in [-0.2, 0) is 14.3 Å². The van der Waals surface area contributed by atoms with Crippen molar-refractivity contribution in [2.75, 3.05) is 13.2 Å². The number of aliphatic hydroxyl groups is 5. The molecule has 1 aliphatic rings. The molecular weight excluding hydrogens is 827 g/mol. The number of allylic oxidation sites excluding steroid dienone is 8. The zero-order chi connectivity index (χ0) is 48.0. The van der Waals surface area contributed by atoms with Gasteiger partial charge in [0.2, 0.25) is 5.91 Å². The maximum atomic E-state index is 13.1. The number of rotatable bonds is 47. The minimum Gasteiger partial charge on any atom is -0.394 e. The van der Waals surface area contributed by atoms with Crippen molar-refractivity contribution >= 4 is 5.91 Å². The van der Waals surface area contributed by atoms with Crippen molar-refractivity contribution in [1.82, 2.24) is 5.32 Å². The van der Waals surface area contributed by atoms with E-state index in [1.165, 1.54) is 161 Å². The fourth-order valence-electron chi connectivity index (χ4n) is 8.80. The van der Waals surface area contributed by atoms with Crippen molar-refractivity contribution in [2.24, 2.45) is 0 Å². The summed E-state index contributed by atoms with van der Waals surface area (Å²) < 4.78 is 11.3. The van der Waals surface area contributed by atoms with Gasteiger partial charge in [0.25, 0.3) is 0 Å². The van der Waals surface area contributed by atoms with Crippen molar-refractivity contribution in [1.29, 1.82) is 0 Å². The van der Waals surface area contributed by atoms with Crippen LogP contribution in [-0.4, -0.2) is 87.5 Å². The molecule has 0 radical (unpaired) electrons. The number of ether oxygens (including phenoxy) is 2. The summed E-state index contributed by atoms with van der Waals surface area (Å²) in [6.45, 7) is 3.74. The van der Waals surface area contributed by atoms with E-state index in [4.69, 9.17) is 9.47 Å². The van der Waals surface area contributed by atoms with Crippen molar-refractivity contribution in [3.05, 3.63) is 48.6 Å². The van der Waals surface area contributed by atoms with E-state index >= 15 is 0 Å². The number of amides is 1. The number of unbranched alkanes of at least 4 members (excludes halogenated alkanes) is 29. The van der Waals surface area contributed by atoms with Crippen LogP contribution in [0.1, 0.15) is 251 Å². The number of nitrogens with one attached hydrogen (secondary N) is 1. The number of hydrogen-bond donors (Lipinski definition) is 6. The quantitative estimate of drug-likeness (QED) is 0.0261. The van der Waals surface area contributed by atoms with Crippen molar-refractivity contribution in [3.63, 3.8) is 0 Å². The van der Waals surface area contributed by atoms with Gasteiger partial charge >= 0.3 is 0 Å². The van der Waals surface area contributed by atoms with Crippen LogP contribution < -0.4 is 5.32 Å². The highest BCUT2D eigenvalue weighted by Gasteiger charge is 2.44. The largest absolute Gasteiger partial charge is 0.394 e. The number of carbonyl (C=O) groups is 1. The molecule has 9 heteroatoms. The zero-order valence-electron chi connectivity index (χ0n) is 42.7. The van der Waals surface area contributed by atoms with Crippen molar-refractivity contribution in [3.8, 4) is 0 Å². The van der Waals surface area contributed by atoms with Crippen LogP contribution in [0.15, 0.2) is 48.6 Å². The Kier molecular flexibility index (Phi) is 44.1. The van der Waals surface area contributed by atoms with Gasteiger partial charge in [-0.15, -0.1) is 0 Å². The number of carbonyl (C=O) groups excluding carboxylic acids is 1. The van der Waals surface area contributed by atoms with Crippen LogP contribution in [0.5, 0.6) is 0 Å². The van der Waals surface area contributed by atoms with Crippen molar-refractivity contribution < 1.29 is 39.8 Å². The summed E-state index contributed by atoms with van der Waals surface area (Å²) in [7, 11) is 0. The second-order valence-electron chi connectivity index (χ2n) is 19.4. The Hall–Kier alpha value is -1.85. The maximum Gasteiger partial charge on any atom is 0.220 e. The van der Waals surface area contributed by atoms with Crippen LogP contribution in [0, 0.1) is 0 Å². The molecule has 1 fully saturated rings. The molecule has 0 aliphatic carbocycles. The first-order valence-corrected chi connectivity index (χ1v) is 27.8. The Morgan fingerprint density at radius 2 is 0.939 bits per heavy atom. The minimum absolute atomic E-state index is 0.138. The van der Waals surface area contributed by atoms with E-state index in [-0.39, 0.29) is 12.5 Å². The van der Waals surface area contributed by atoms with E-state index in [2.05, 4.69) is 67.8 Å². The third-order valence-electron chi connectivity index (χ3n) is 13.2. The normalized spacial score (nSPS) is 20.1. The van der Waals surface area contributed by atoms with Gasteiger partial charge in [0.15, 0.2) is 6.29 Å². The first-order valence-electron chi connectivity index (χ1n) is 27.8. The third-order valence-corrected chi connectivity index (χ3v) is 13.2. The molecule has 0 aromatic rings. The SMILES string of the molecule is CC/C=C\C/C=C\C/C=C\C/C=C\CCCCCCCCCCCCCCC(=O)NC(COC1OC(CO)C(O)C(O)C1O)C(O)CCCCCCCCCCCCCCCCCCCC. The van der Waals surface area contributed by atoms with Crippen LogP contribution in [0.3, 0.4) is 0 Å². The van der Waals surface area contributed by atoms with Crippen molar-refractivity contribution in [2.45, 2.75) is 294 Å². The Morgan fingerprint density at radius 1 is 0.530 bits per heavy atom. The monoisotopic (exact) mass is 932 g/mol. The average Bonchev–Trinajstić information content (AvgIpc) is 3.32. The molecule has 0 bridgehead atoms. The third kappa shape index (κ3) is 36.2. The second kappa shape index (κ2) is 46.9. The molecule has 1 amide bonds. The number of aliphatic hydroxyl groups excluding tert-OH is 5. The lowest BCUT2D eigenvalue weighted by Crippen LogP contribution is -2.60. The minimum atomic E-state index is -1.55. The molecule has 6 N–H and O–H groups in total. The lowest BCUT2D eigenvalue weighted by Gasteiger charge is -2.40. The number of hydrogen-bond acceptors (Lipinski definition) is 8. The van der Waals surface area contributed by atoms with Crippen LogP contribution in [0.4, 0.5) is 0 Å². The molecule has 0 saturated carbocycles. The van der Waals surface area contributed by atoms with Gasteiger partial charge in [-0.25, -0.2) is 0 Å². The van der Waals surface area contributed by atoms with E-state index in [0.717, 1.165) is 64.2 Å². The van der Waals surface area contributed by atoms with Gasteiger partial charge < -0.3 is 40.3 Å². The van der Waals surface area contributed by atoms with E-state index in [9.17, 15) is 30.3 Å². The van der Waals surface area contributed by atoms with Gasteiger partial charge in [-0.2, -0.15) is 0 Å². The zero-order valence-corrected chi connectivity index (χ0v) is 42.7. The molecular formula is C57H105NO8. The smallest absolute Gasteiger partial charge is 0.220 e. The second-order valence-corrected chi connectivity index (χ2v) is 19.4. The standard InChI is InChI=1S/C57H105NO8/c1-3-5-7-9-11-13-15-17-19-21-23-24-25-26-27-28-29-31-33-35-37-39-41-43-45-47-53(61)58-50(49-65-57-56(64)55(63)54(62)52(48-59)66-57)51(60)46-44-42-40-38-36-34-32-30-22-20-18-16-14-12-10-8-6-4-2/h5,7,11,13,17,19,23-24,50-52,54-57,59-60,62-64H,3-4,6,8-10,12,14-16,18,20-22,25-49H2,1-2H3,(H,58,61)/b7-5-,13-11-,19-17-,24-23-. The molecule has 7 unspecified atom stereocenters. The molecule has 66 heavy (non-hydrogen) atoms. The topological polar surface area (TPSA) is 149 Å². The first-order chi connectivity index (χ1) is 32.3. The first kappa shape index (κ1) is 62.2. The molecule has 0 aromatic heterocycles. The fraction of sp³-hybridized carbons (Fsp3) is 0.842. The molecule has 386 valence electrons. The predicted octanol–water partition coefficient (Wildman–Crippen LogP) is 13.3. The molecule has 9 nitrogen and oxygen atoms in total. The summed E-state index contributed by atoms with van der Waals surface area (Å²) in [5, 5.41) is 54.6. The Balaban J connectivity index is 2.22. The molecule has 0 aromatic carbocycles. The van der Waals surface area contributed by atoms with Crippen LogP contribution >= 0.6 is 0 Å². The summed E-state index contributed by atoms with van der Waals surface area (Å²) >= 11 is 0. The summed E-state index contributed by atoms with van der Waals surface area (Å²) in [5.74, 6) is -0.146. The molecule has 1 aliphatic heterocycles. The molecule has 1 heterocycles. The lowest BCUT2D eigenvalue weighted by molar-refractivity contribution is -0.302. The van der Waals surface area contributed by atoms with Crippen LogP contribution in [0.25, 0.3) is 0 Å². The Bertz CT molecular complexity index is 1170. The van der Waals surface area contributed by atoms with Gasteiger partial charge in [0.1, 0.15) is 24.4 Å². The van der Waals surface area contributed by atoms with Gasteiger partial charge in [-0.3, -0.25) is 4.79 Å². The summed E-state index contributed by atoms with van der Waals surface area (Å²) in [5.41, 5.74) is 0. The van der Waals surface area contributed by atoms with Gasteiger partial charge in [0, 0.05) is 6.42 Å². The van der Waals surface area contributed by atoms with E-state index < -0.39 is 49.5 Å². The van der Waals surface area contributed by atoms with Gasteiger partial charge in [-0.1, -0.05) is 242 Å². The van der Waals surface area contributed by atoms with Gasteiger partial charge in [-0.05, 0) is 51.4 Å². The summed E-state index contributed by atoms with van der Waals surface area (Å²) in [4.78, 5) is 13.1. The van der Waals surface area contributed by atoms with Gasteiger partial charge in [0.05, 0.1) is 25.4 Å². The van der Waals surface area contributed by atoms with E-state index in [0.29, 0.717) is 12.8 Å². The molecule has 1 saturated heterocycles.